The van der Waals surface area contributed by atoms with Gasteiger partial charge in [0.1, 0.15) is 52.1 Å². The van der Waals surface area contributed by atoms with E-state index in [1.165, 1.54) is 38.0 Å². The number of amides is 6. The summed E-state index contributed by atoms with van der Waals surface area (Å²) in [4.78, 5) is 129. The van der Waals surface area contributed by atoms with Gasteiger partial charge in [0.05, 0.1) is 49.7 Å². The average Bonchev–Trinajstić information content (AvgIpc) is 1.58. The molecular formula is C68H94ClN7O15. The maximum Gasteiger partial charge on any atom is 0.328 e. The average molecular weight is 1280 g/mol. The van der Waals surface area contributed by atoms with Crippen LogP contribution in [0.4, 0.5) is 10.5 Å². The van der Waals surface area contributed by atoms with Gasteiger partial charge in [0, 0.05) is 88.0 Å². The molecule has 10 atom stereocenters. The molecule has 6 rings (SSSR count). The number of benzene rings is 2. The number of carbonyl (C=O) groups is 9. The number of hydrogen-bond acceptors (Lipinski definition) is 16. The lowest BCUT2D eigenvalue weighted by Gasteiger charge is -2.41. The number of urea groups is 1. The van der Waals surface area contributed by atoms with Crippen LogP contribution in [0.1, 0.15) is 154 Å². The molecule has 23 heteroatoms. The van der Waals surface area contributed by atoms with Gasteiger partial charge in [-0.1, -0.05) is 82.5 Å². The number of fused-ring (bicyclic) bond motifs is 6. The highest BCUT2D eigenvalue weighted by molar-refractivity contribution is 6.35. The van der Waals surface area contributed by atoms with E-state index in [1.54, 1.807) is 75.5 Å². The third-order valence-electron chi connectivity index (χ3n) is 18.1. The van der Waals surface area contributed by atoms with Crippen molar-refractivity contribution < 1.29 is 71.9 Å². The van der Waals surface area contributed by atoms with E-state index in [0.717, 1.165) is 36.8 Å². The zero-order valence-corrected chi connectivity index (χ0v) is 55.6. The summed E-state index contributed by atoms with van der Waals surface area (Å²) in [6.07, 6.45) is 5.43. The Bertz CT molecular complexity index is 3200. The van der Waals surface area contributed by atoms with Gasteiger partial charge in [0.2, 0.25) is 17.7 Å². The number of ether oxygens (including phenoxy) is 5. The van der Waals surface area contributed by atoms with Crippen LogP contribution in [0.3, 0.4) is 0 Å². The van der Waals surface area contributed by atoms with Crippen molar-refractivity contribution >= 4 is 81.4 Å². The van der Waals surface area contributed by atoms with E-state index in [4.69, 9.17) is 46.0 Å². The molecule has 498 valence electrons. The molecule has 0 radical (unpaired) electrons. The van der Waals surface area contributed by atoms with Crippen LogP contribution in [0, 0.1) is 23.7 Å². The number of nitrogens with two attached hydrogens (primary N) is 1. The molecule has 0 spiro atoms. The quantitative estimate of drug-likeness (QED) is 0.0274. The predicted molar refractivity (Wildman–Crippen MR) is 344 cm³/mol. The number of primary amides is 1. The summed E-state index contributed by atoms with van der Waals surface area (Å²) in [5.74, 6) is -4.55. The van der Waals surface area contributed by atoms with Gasteiger partial charge in [-0.2, -0.15) is 0 Å². The molecule has 22 nitrogen and oxygen atoms in total. The maximum absolute atomic E-state index is 14.6. The van der Waals surface area contributed by atoms with Gasteiger partial charge in [-0.3, -0.25) is 38.5 Å². The van der Waals surface area contributed by atoms with Crippen molar-refractivity contribution in [2.45, 2.75) is 193 Å². The number of nitrogens with zero attached hydrogens (tertiary/aromatic N) is 3. The van der Waals surface area contributed by atoms with Gasteiger partial charge in [0.25, 0.3) is 5.91 Å². The zero-order chi connectivity index (χ0) is 67.1. The van der Waals surface area contributed by atoms with Crippen LogP contribution in [0.15, 0.2) is 66.3 Å². The molecule has 0 unspecified atom stereocenters. The van der Waals surface area contributed by atoms with Crippen molar-refractivity contribution in [2.24, 2.45) is 29.4 Å². The Morgan fingerprint density at radius 1 is 0.956 bits per heavy atom. The summed E-state index contributed by atoms with van der Waals surface area (Å²) in [6.45, 7) is 15.3. The van der Waals surface area contributed by atoms with Crippen LogP contribution >= 0.6 is 11.6 Å². The van der Waals surface area contributed by atoms with Gasteiger partial charge in [-0.15, -0.1) is 0 Å². The van der Waals surface area contributed by atoms with Crippen LogP contribution in [0.25, 0.3) is 10.9 Å². The first-order chi connectivity index (χ1) is 43.1. The number of halogens is 1. The number of methoxy groups -OCH3 is 2. The number of epoxide rings is 1. The van der Waals surface area contributed by atoms with Crippen LogP contribution in [0.5, 0.6) is 5.75 Å². The van der Waals surface area contributed by atoms with Crippen molar-refractivity contribution in [2.75, 3.05) is 46.3 Å². The predicted octanol–water partition coefficient (Wildman–Crippen LogP) is 8.02. The van der Waals surface area contributed by atoms with E-state index >= 15 is 0 Å². The molecule has 4 heterocycles. The topological polar surface area (TPSA) is 305 Å². The van der Waals surface area contributed by atoms with Gasteiger partial charge in [-0.05, 0) is 114 Å². The van der Waals surface area contributed by atoms with E-state index in [-0.39, 0.29) is 85.0 Å². The minimum Gasteiger partial charge on any atom is -0.495 e. The van der Waals surface area contributed by atoms with E-state index in [9.17, 15) is 48.3 Å². The Morgan fingerprint density at radius 2 is 1.67 bits per heavy atom. The van der Waals surface area contributed by atoms with Crippen LogP contribution in [-0.4, -0.2) is 157 Å². The lowest BCUT2D eigenvalue weighted by molar-refractivity contribution is -0.187. The number of ketones is 2. The second-order valence-electron chi connectivity index (χ2n) is 25.2. The summed E-state index contributed by atoms with van der Waals surface area (Å²) in [7, 11) is 5.91. The molecule has 3 aromatic rings. The molecule has 2 saturated heterocycles. The SMILES string of the molecule is CCC(CC)C(=O)NCCCCCC(=O)C[C@H](C(=O)N[C@@H](CCCNC(N)=O)C(=O)Cc1ccc2cc(C(=O)N(C)[C@@H](C)C(=O)O[C@H]3CC(=O)N(C)c4cc(cc(OC)c4Cl)C/C(C)=C/C=C/[C@@H](OC)[C@]4(O)CC(=O)O[C@@H](C4)[C@@H](C)[C@@H]4O[C@@]34C)ccc2n1)C(C)C. The van der Waals surface area contributed by atoms with E-state index in [0.29, 0.717) is 53.8 Å². The van der Waals surface area contributed by atoms with Crippen LogP contribution < -0.4 is 31.3 Å². The smallest absolute Gasteiger partial charge is 0.328 e. The van der Waals surface area contributed by atoms with Crippen molar-refractivity contribution in [1.29, 1.82) is 0 Å². The Balaban J connectivity index is 1.15. The largest absolute Gasteiger partial charge is 0.495 e. The van der Waals surface area contributed by atoms with Crippen molar-refractivity contribution in [1.82, 2.24) is 25.8 Å². The molecule has 6 N–H and O–H groups in total. The molecule has 2 aromatic carbocycles. The van der Waals surface area contributed by atoms with Gasteiger partial charge in [0.15, 0.2) is 5.78 Å². The number of pyridine rings is 1. The number of aromatic nitrogens is 1. The Morgan fingerprint density at radius 3 is 2.34 bits per heavy atom. The number of aliphatic hydroxyl groups is 1. The number of esters is 2. The molecule has 3 aliphatic heterocycles. The summed E-state index contributed by atoms with van der Waals surface area (Å²) in [6, 6.07) is 8.72. The van der Waals surface area contributed by atoms with Crippen LogP contribution in [-0.2, 0) is 65.4 Å². The number of allylic oxidation sites excluding steroid dienone is 3. The molecule has 4 bridgehead atoms. The second kappa shape index (κ2) is 32.8. The number of hydrogen-bond donors (Lipinski definition) is 5. The summed E-state index contributed by atoms with van der Waals surface area (Å²) < 4.78 is 29.9. The minimum atomic E-state index is -1.65. The number of Topliss-reactive ketones (excluding diaryl/α,β-unsaturated/α-hetero) is 2. The first kappa shape index (κ1) is 72.8. The normalized spacial score (nSPS) is 23.8. The Labute approximate surface area is 539 Å². The highest BCUT2D eigenvalue weighted by Crippen LogP contribution is 2.50. The van der Waals surface area contributed by atoms with Crippen molar-refractivity contribution in [3.63, 3.8) is 0 Å². The van der Waals surface area contributed by atoms with Crippen molar-refractivity contribution in [3.8, 4) is 5.75 Å². The molecule has 3 aliphatic rings. The lowest BCUT2D eigenvalue weighted by atomic mass is 9.78. The maximum atomic E-state index is 14.6. The third-order valence-corrected chi connectivity index (χ3v) is 18.5. The summed E-state index contributed by atoms with van der Waals surface area (Å²) >= 11 is 6.88. The highest BCUT2D eigenvalue weighted by Gasteiger charge is 2.64. The van der Waals surface area contributed by atoms with E-state index in [1.807, 2.05) is 40.7 Å². The third kappa shape index (κ3) is 19.2. The first-order valence-electron chi connectivity index (χ1n) is 31.7. The van der Waals surface area contributed by atoms with E-state index in [2.05, 4.69) is 16.0 Å². The monoisotopic (exact) mass is 1280 g/mol. The molecule has 91 heavy (non-hydrogen) atoms. The van der Waals surface area contributed by atoms with Crippen LogP contribution in [0.2, 0.25) is 5.02 Å². The van der Waals surface area contributed by atoms with Gasteiger partial charge < -0.3 is 60.3 Å². The van der Waals surface area contributed by atoms with Gasteiger partial charge in [-0.25, -0.2) is 9.59 Å². The first-order valence-corrected chi connectivity index (χ1v) is 32.1. The highest BCUT2D eigenvalue weighted by atomic mass is 35.5. The summed E-state index contributed by atoms with van der Waals surface area (Å²) in [5, 5.41) is 21.2. The van der Waals surface area contributed by atoms with Crippen molar-refractivity contribution in [3.05, 3.63) is 88.1 Å². The molecule has 0 saturated carbocycles. The molecule has 6 amide bonds. The lowest BCUT2D eigenvalue weighted by Crippen LogP contribution is -2.53. The number of nitrogens with one attached hydrogen (secondary N) is 3. The minimum absolute atomic E-state index is 0.00271. The molecule has 0 aliphatic carbocycles. The molecule has 2 fully saturated rings. The Kier molecular flexibility index (Phi) is 26.3. The fourth-order valence-corrected chi connectivity index (χ4v) is 12.4. The fraction of sp³-hybridized carbons (Fsp3) is 0.588. The number of unbranched alkanes of at least 4 members (excludes halogenated alkanes) is 2. The summed E-state index contributed by atoms with van der Waals surface area (Å²) in [5.41, 5.74) is 5.35. The number of anilines is 1. The fourth-order valence-electron chi connectivity index (χ4n) is 12.1. The molecular weight excluding hydrogens is 1190 g/mol. The standard InChI is InChI=1S/C68H94ClN7O15/c1-13-44(14-2)62(81)71-28-17-15-16-21-48(77)35-49(39(3)4)63(82)74-51(22-19-29-72-66(70)85)53(78)34-47-26-24-45-33-46(25-27-50(45)73-47)64(83)75(9)42(7)65(84)90-57-36-58(79)76(10)52-31-43(32-54(87-11)60(52)69)30-40(5)20-18-23-56(88-12)68(86)37-55(89-59(80)38-68)41(6)61-67(57,8)91-61/h18,20,23-27,31-33,39,41-42,44,49,51,55-57,61,86H,13-17,19,21-22,28-30,34-38H2,1-12H3,(H,71,81)(H,74,82)(H3,70,72,85)/b23-18+,40-20+/t41-,42+,49+,51+,55+,56-,57+,61+,67+,68-/m1/s1. The number of carbonyl (C=O) groups excluding carboxylic acids is 9. The Hall–Kier alpha value is -7.27. The zero-order valence-electron chi connectivity index (χ0n) is 54.8. The number of rotatable bonds is 27. The second-order valence-corrected chi connectivity index (χ2v) is 25.6. The molecule has 1 aromatic heterocycles. The van der Waals surface area contributed by atoms with E-state index < -0.39 is 102 Å². The number of likely N-dealkylation sites (N-methyl/N-ethyl adjacent to an activating group) is 1. The van der Waals surface area contributed by atoms with Gasteiger partial charge >= 0.3 is 18.0 Å².